The lowest BCUT2D eigenvalue weighted by Gasteiger charge is -2.08. The Hall–Kier alpha value is -2.20. The summed E-state index contributed by atoms with van der Waals surface area (Å²) in [5, 5.41) is 1.09. The van der Waals surface area contributed by atoms with Gasteiger partial charge in [-0.2, -0.15) is 0 Å². The highest BCUT2D eigenvalue weighted by atomic mass is 32.2. The first kappa shape index (κ1) is 13.8. The summed E-state index contributed by atoms with van der Waals surface area (Å²) in [5.74, 6) is 0.398. The summed E-state index contributed by atoms with van der Waals surface area (Å²) in [7, 11) is -1.14. The van der Waals surface area contributed by atoms with Crippen LogP contribution in [0.15, 0.2) is 59.5 Å². The Balaban J connectivity index is 1.91. The van der Waals surface area contributed by atoms with Crippen LogP contribution in [-0.2, 0) is 16.6 Å². The van der Waals surface area contributed by atoms with E-state index in [0.717, 1.165) is 27.1 Å². The molecule has 0 aliphatic rings. The van der Waals surface area contributed by atoms with Gasteiger partial charge in [0.15, 0.2) is 0 Å². The number of nitrogens with zero attached hydrogens (tertiary/aromatic N) is 1. The van der Waals surface area contributed by atoms with E-state index in [1.807, 2.05) is 61.5 Å². The molecule has 0 spiro atoms. The van der Waals surface area contributed by atoms with Gasteiger partial charge in [-0.15, -0.1) is 0 Å². The lowest BCUT2D eigenvalue weighted by atomic mass is 10.2. The van der Waals surface area contributed by atoms with E-state index < -0.39 is 10.8 Å². The minimum Gasteiger partial charge on any atom is -0.398 e. The fraction of sp³-hybridized carbons (Fsp3) is 0.118. The smallest absolute Gasteiger partial charge is 0.0706 e. The second kappa shape index (κ2) is 5.66. The van der Waals surface area contributed by atoms with Crippen molar-refractivity contribution in [3.8, 4) is 0 Å². The van der Waals surface area contributed by atoms with Crippen molar-refractivity contribution in [3.05, 3.63) is 65.9 Å². The van der Waals surface area contributed by atoms with E-state index >= 15 is 0 Å². The molecule has 1 atom stereocenters. The number of nitrogen functional groups attached to an aromatic ring is 1. The molecule has 0 fully saturated rings. The zero-order valence-electron chi connectivity index (χ0n) is 11.7. The Kier molecular flexibility index (Phi) is 3.71. The molecule has 1 unspecified atom stereocenters. The van der Waals surface area contributed by atoms with Gasteiger partial charge in [-0.05, 0) is 36.8 Å². The van der Waals surface area contributed by atoms with Crippen molar-refractivity contribution in [2.75, 3.05) is 5.73 Å². The third-order valence-electron chi connectivity index (χ3n) is 3.51. The van der Waals surface area contributed by atoms with E-state index in [9.17, 15) is 4.21 Å². The lowest BCUT2D eigenvalue weighted by Crippen LogP contribution is -2.02. The minimum absolute atomic E-state index is 0.398. The van der Waals surface area contributed by atoms with E-state index in [0.29, 0.717) is 11.4 Å². The summed E-state index contributed by atoms with van der Waals surface area (Å²) in [6, 6.07) is 17.4. The topological polar surface area (TPSA) is 56.0 Å². The highest BCUT2D eigenvalue weighted by Crippen LogP contribution is 2.21. The lowest BCUT2D eigenvalue weighted by molar-refractivity contribution is 0.681. The Labute approximate surface area is 126 Å². The van der Waals surface area contributed by atoms with Crippen LogP contribution in [0.4, 0.5) is 5.69 Å². The van der Waals surface area contributed by atoms with Crippen molar-refractivity contribution >= 4 is 27.4 Å². The quantitative estimate of drug-likeness (QED) is 0.753. The first-order valence-corrected chi connectivity index (χ1v) is 8.05. The molecule has 1 aromatic heterocycles. The van der Waals surface area contributed by atoms with Gasteiger partial charge < -0.3 is 5.73 Å². The van der Waals surface area contributed by atoms with Crippen LogP contribution in [0.5, 0.6) is 0 Å². The number of hydrogen-bond acceptors (Lipinski definition) is 3. The summed E-state index contributed by atoms with van der Waals surface area (Å²) >= 11 is 0. The number of rotatable bonds is 3. The molecule has 21 heavy (non-hydrogen) atoms. The van der Waals surface area contributed by atoms with Gasteiger partial charge in [0, 0.05) is 16.0 Å². The first-order chi connectivity index (χ1) is 10.1. The average molecular weight is 296 g/mol. The number of fused-ring (bicyclic) bond motifs is 1. The van der Waals surface area contributed by atoms with Crippen LogP contribution in [0.1, 0.15) is 11.3 Å². The van der Waals surface area contributed by atoms with Crippen LogP contribution in [0, 0.1) is 6.92 Å². The summed E-state index contributed by atoms with van der Waals surface area (Å²) in [6.45, 7) is 1.90. The molecule has 0 amide bonds. The van der Waals surface area contributed by atoms with Crippen LogP contribution < -0.4 is 5.73 Å². The van der Waals surface area contributed by atoms with Crippen LogP contribution in [0.2, 0.25) is 0 Å². The number of benzene rings is 2. The van der Waals surface area contributed by atoms with Gasteiger partial charge in [-0.1, -0.05) is 30.3 Å². The molecule has 3 nitrogen and oxygen atoms in total. The molecule has 0 bridgehead atoms. The number of aromatic nitrogens is 1. The van der Waals surface area contributed by atoms with E-state index in [4.69, 9.17) is 5.73 Å². The van der Waals surface area contributed by atoms with Crippen molar-refractivity contribution in [1.29, 1.82) is 0 Å². The largest absolute Gasteiger partial charge is 0.398 e. The zero-order valence-corrected chi connectivity index (χ0v) is 12.6. The van der Waals surface area contributed by atoms with E-state index in [-0.39, 0.29) is 0 Å². The van der Waals surface area contributed by atoms with Gasteiger partial charge >= 0.3 is 0 Å². The van der Waals surface area contributed by atoms with E-state index in [1.54, 1.807) is 0 Å². The van der Waals surface area contributed by atoms with Gasteiger partial charge in [0.1, 0.15) is 0 Å². The highest BCUT2D eigenvalue weighted by molar-refractivity contribution is 7.84. The van der Waals surface area contributed by atoms with E-state index in [2.05, 4.69) is 4.98 Å². The molecule has 106 valence electrons. The molecule has 0 aliphatic carbocycles. The summed E-state index contributed by atoms with van der Waals surface area (Å²) in [5.41, 5.74) is 9.19. The molecule has 2 aromatic carbocycles. The van der Waals surface area contributed by atoms with Crippen molar-refractivity contribution < 1.29 is 4.21 Å². The summed E-state index contributed by atoms with van der Waals surface area (Å²) < 4.78 is 12.5. The highest BCUT2D eigenvalue weighted by Gasteiger charge is 2.11. The Bertz CT molecular complexity index is 830. The zero-order chi connectivity index (χ0) is 14.8. The Morgan fingerprint density at radius 1 is 1.05 bits per heavy atom. The second-order valence-electron chi connectivity index (χ2n) is 4.96. The predicted molar refractivity (Wildman–Crippen MR) is 87.4 cm³/mol. The van der Waals surface area contributed by atoms with Gasteiger partial charge in [-0.25, -0.2) is 0 Å². The summed E-state index contributed by atoms with van der Waals surface area (Å²) in [6.07, 6.45) is 0. The van der Waals surface area contributed by atoms with Crippen LogP contribution in [0.25, 0.3) is 10.9 Å². The molecule has 3 rings (SSSR count). The van der Waals surface area contributed by atoms with E-state index in [1.165, 1.54) is 0 Å². The second-order valence-corrected chi connectivity index (χ2v) is 6.38. The van der Waals surface area contributed by atoms with Gasteiger partial charge in [0.2, 0.25) is 0 Å². The monoisotopic (exact) mass is 296 g/mol. The van der Waals surface area contributed by atoms with Gasteiger partial charge in [-0.3, -0.25) is 9.19 Å². The van der Waals surface area contributed by atoms with Crippen LogP contribution >= 0.6 is 0 Å². The maximum atomic E-state index is 12.5. The number of anilines is 1. The molecule has 3 aromatic rings. The van der Waals surface area contributed by atoms with Crippen molar-refractivity contribution in [2.24, 2.45) is 0 Å². The van der Waals surface area contributed by atoms with Crippen molar-refractivity contribution in [1.82, 2.24) is 4.98 Å². The fourth-order valence-electron chi connectivity index (χ4n) is 2.28. The fourth-order valence-corrected chi connectivity index (χ4v) is 3.55. The van der Waals surface area contributed by atoms with Crippen molar-refractivity contribution in [3.63, 3.8) is 0 Å². The molecule has 0 aliphatic heterocycles. The Morgan fingerprint density at radius 2 is 1.86 bits per heavy atom. The average Bonchev–Trinajstić information content (AvgIpc) is 2.50. The standard InChI is InChI=1S/C17H16N2OS/c1-12-15(18)6-4-8-17(12)21(20)11-14-10-9-13-5-2-3-7-16(13)19-14/h2-10H,11,18H2,1H3. The Morgan fingerprint density at radius 3 is 2.71 bits per heavy atom. The molecule has 0 saturated heterocycles. The molecule has 0 radical (unpaired) electrons. The maximum absolute atomic E-state index is 12.5. The molecular formula is C17H16N2OS. The molecular weight excluding hydrogens is 280 g/mol. The molecule has 0 saturated carbocycles. The number of hydrogen-bond donors (Lipinski definition) is 1. The van der Waals surface area contributed by atoms with Crippen LogP contribution in [0.3, 0.4) is 0 Å². The molecule has 4 heteroatoms. The number of para-hydroxylation sites is 1. The van der Waals surface area contributed by atoms with Gasteiger partial charge in [0.25, 0.3) is 0 Å². The van der Waals surface area contributed by atoms with Crippen molar-refractivity contribution in [2.45, 2.75) is 17.6 Å². The number of pyridine rings is 1. The SMILES string of the molecule is Cc1c(N)cccc1S(=O)Cc1ccc2ccccc2n1. The first-order valence-electron chi connectivity index (χ1n) is 6.73. The van der Waals surface area contributed by atoms with Gasteiger partial charge in [0.05, 0.1) is 27.8 Å². The van der Waals surface area contributed by atoms with Crippen LogP contribution in [-0.4, -0.2) is 9.19 Å². The summed E-state index contributed by atoms with van der Waals surface area (Å²) in [4.78, 5) is 5.35. The maximum Gasteiger partial charge on any atom is 0.0706 e. The minimum atomic E-state index is -1.14. The third-order valence-corrected chi connectivity index (χ3v) is 5.00. The number of nitrogens with two attached hydrogens (primary N) is 1. The molecule has 2 N–H and O–H groups in total. The third kappa shape index (κ3) is 2.81. The normalized spacial score (nSPS) is 12.4. The molecule has 1 heterocycles. The predicted octanol–water partition coefficient (Wildman–Crippen LogP) is 3.43.